The maximum Gasteiger partial charge on any atom is 0.223 e. The Morgan fingerprint density at radius 2 is 1.61 bits per heavy atom. The molecule has 0 spiro atoms. The van der Waals surface area contributed by atoms with Crippen molar-refractivity contribution in [2.45, 2.75) is 91.1 Å². The van der Waals surface area contributed by atoms with E-state index in [4.69, 9.17) is 0 Å². The second-order valence-electron chi connectivity index (χ2n) is 6.00. The van der Waals surface area contributed by atoms with Crippen LogP contribution in [0.2, 0.25) is 0 Å². The van der Waals surface area contributed by atoms with Gasteiger partial charge >= 0.3 is 0 Å². The smallest absolute Gasteiger partial charge is 0.223 e. The van der Waals surface area contributed by atoms with Gasteiger partial charge in [0.05, 0.1) is 0 Å². The Morgan fingerprint density at radius 1 is 1.11 bits per heavy atom. The van der Waals surface area contributed by atoms with Gasteiger partial charge in [-0.05, 0) is 39.0 Å². The van der Waals surface area contributed by atoms with Gasteiger partial charge in [-0.25, -0.2) is 0 Å². The maximum absolute atomic E-state index is 12.4. The number of amides is 1. The van der Waals surface area contributed by atoms with Crippen LogP contribution in [0.4, 0.5) is 0 Å². The molecule has 0 aliphatic heterocycles. The number of hydrogen-bond acceptors (Lipinski definition) is 1. The van der Waals surface area contributed by atoms with Gasteiger partial charge in [-0.1, -0.05) is 39.5 Å². The minimum atomic E-state index is 0.380. The first-order valence-corrected chi connectivity index (χ1v) is 7.91. The summed E-state index contributed by atoms with van der Waals surface area (Å²) in [5.74, 6) is 1.20. The second kappa shape index (κ2) is 7.81. The summed E-state index contributed by atoms with van der Waals surface area (Å²) >= 11 is 0. The molecule has 106 valence electrons. The van der Waals surface area contributed by atoms with Gasteiger partial charge in [-0.3, -0.25) is 4.79 Å². The minimum absolute atomic E-state index is 0.380. The molecule has 18 heavy (non-hydrogen) atoms. The fourth-order valence-corrected chi connectivity index (χ4v) is 3.08. The molecule has 1 fully saturated rings. The van der Waals surface area contributed by atoms with Crippen LogP contribution in [0.25, 0.3) is 0 Å². The van der Waals surface area contributed by atoms with E-state index >= 15 is 0 Å². The third-order valence-corrected chi connectivity index (χ3v) is 4.66. The molecule has 2 atom stereocenters. The normalized spacial score (nSPS) is 19.8. The molecule has 0 N–H and O–H groups in total. The topological polar surface area (TPSA) is 20.3 Å². The van der Waals surface area contributed by atoms with Crippen molar-refractivity contribution < 1.29 is 4.79 Å². The van der Waals surface area contributed by atoms with Crippen LogP contribution in [0, 0.1) is 5.92 Å². The summed E-state index contributed by atoms with van der Waals surface area (Å²) in [6, 6.07) is 0.770. The molecule has 0 aromatic heterocycles. The van der Waals surface area contributed by atoms with Gasteiger partial charge < -0.3 is 4.90 Å². The fraction of sp³-hybridized carbons (Fsp3) is 0.938. The van der Waals surface area contributed by atoms with Gasteiger partial charge in [0.1, 0.15) is 0 Å². The summed E-state index contributed by atoms with van der Waals surface area (Å²) in [5, 5.41) is 0. The Balaban J connectivity index is 2.47. The largest absolute Gasteiger partial charge is 0.337 e. The Hall–Kier alpha value is -0.530. The van der Waals surface area contributed by atoms with Gasteiger partial charge in [0, 0.05) is 18.5 Å². The molecule has 0 heterocycles. The lowest BCUT2D eigenvalue weighted by Crippen LogP contribution is -2.44. The zero-order valence-electron chi connectivity index (χ0n) is 12.7. The van der Waals surface area contributed by atoms with Gasteiger partial charge in [-0.15, -0.1) is 0 Å². The van der Waals surface area contributed by atoms with Crippen LogP contribution in [-0.4, -0.2) is 22.9 Å². The van der Waals surface area contributed by atoms with Gasteiger partial charge in [-0.2, -0.15) is 0 Å². The van der Waals surface area contributed by atoms with Crippen LogP contribution < -0.4 is 0 Å². The van der Waals surface area contributed by atoms with Crippen molar-refractivity contribution in [2.75, 3.05) is 0 Å². The summed E-state index contributed by atoms with van der Waals surface area (Å²) in [5.41, 5.74) is 0. The van der Waals surface area contributed by atoms with Gasteiger partial charge in [0.2, 0.25) is 5.91 Å². The highest BCUT2D eigenvalue weighted by molar-refractivity contribution is 5.76. The number of hydrogen-bond donors (Lipinski definition) is 0. The highest BCUT2D eigenvalue weighted by atomic mass is 16.2. The summed E-state index contributed by atoms with van der Waals surface area (Å²) in [6.07, 6.45) is 9.43. The molecule has 1 rings (SSSR count). The van der Waals surface area contributed by atoms with Crippen molar-refractivity contribution in [1.82, 2.24) is 4.90 Å². The van der Waals surface area contributed by atoms with Crippen LogP contribution in [0.1, 0.15) is 79.1 Å². The van der Waals surface area contributed by atoms with Crippen LogP contribution in [0.5, 0.6) is 0 Å². The van der Waals surface area contributed by atoms with Crippen LogP contribution in [-0.2, 0) is 4.79 Å². The minimum Gasteiger partial charge on any atom is -0.337 e. The van der Waals surface area contributed by atoms with Crippen LogP contribution in [0.15, 0.2) is 0 Å². The van der Waals surface area contributed by atoms with E-state index in [2.05, 4.69) is 32.6 Å². The van der Waals surface area contributed by atoms with E-state index in [1.54, 1.807) is 0 Å². The van der Waals surface area contributed by atoms with Gasteiger partial charge in [0.15, 0.2) is 0 Å². The molecule has 2 nitrogen and oxygen atoms in total. The van der Waals surface area contributed by atoms with E-state index in [1.807, 2.05) is 0 Å². The summed E-state index contributed by atoms with van der Waals surface area (Å²) in [4.78, 5) is 14.6. The SMILES string of the molecule is CCC(C)N(C(=O)CCC1CCCC1)C(C)CC. The lowest BCUT2D eigenvalue weighted by Gasteiger charge is -2.34. The first kappa shape index (κ1) is 15.5. The number of carbonyl (C=O) groups excluding carboxylic acids is 1. The zero-order chi connectivity index (χ0) is 13.5. The fourth-order valence-electron chi connectivity index (χ4n) is 3.08. The monoisotopic (exact) mass is 253 g/mol. The van der Waals surface area contributed by atoms with Crippen molar-refractivity contribution >= 4 is 5.91 Å². The summed E-state index contributed by atoms with van der Waals surface area (Å²) < 4.78 is 0. The predicted molar refractivity (Wildman–Crippen MR) is 77.5 cm³/mol. The highest BCUT2D eigenvalue weighted by Crippen LogP contribution is 2.29. The van der Waals surface area contributed by atoms with E-state index < -0.39 is 0 Å². The molecule has 0 aromatic rings. The van der Waals surface area contributed by atoms with E-state index in [9.17, 15) is 4.79 Å². The van der Waals surface area contributed by atoms with Crippen molar-refractivity contribution in [3.8, 4) is 0 Å². The van der Waals surface area contributed by atoms with Crippen LogP contribution in [0.3, 0.4) is 0 Å². The second-order valence-corrected chi connectivity index (χ2v) is 6.00. The van der Waals surface area contributed by atoms with E-state index in [-0.39, 0.29) is 0 Å². The average molecular weight is 253 g/mol. The number of nitrogens with zero attached hydrogens (tertiary/aromatic N) is 1. The zero-order valence-corrected chi connectivity index (χ0v) is 12.7. The molecule has 1 amide bonds. The highest BCUT2D eigenvalue weighted by Gasteiger charge is 2.24. The Kier molecular flexibility index (Phi) is 6.73. The predicted octanol–water partition coefficient (Wildman–Crippen LogP) is 4.38. The third-order valence-electron chi connectivity index (χ3n) is 4.66. The van der Waals surface area contributed by atoms with E-state index in [0.29, 0.717) is 18.0 Å². The molecule has 0 aromatic carbocycles. The lowest BCUT2D eigenvalue weighted by molar-refractivity contribution is -0.136. The molecular weight excluding hydrogens is 222 g/mol. The van der Waals surface area contributed by atoms with Crippen molar-refractivity contribution in [2.24, 2.45) is 5.92 Å². The molecular formula is C16H31NO. The Bertz CT molecular complexity index is 235. The van der Waals surface area contributed by atoms with Crippen molar-refractivity contribution in [3.63, 3.8) is 0 Å². The standard InChI is InChI=1S/C16H31NO/c1-5-13(3)17(14(4)6-2)16(18)12-11-15-9-7-8-10-15/h13-15H,5-12H2,1-4H3. The molecule has 1 aliphatic rings. The molecule has 0 bridgehead atoms. The molecule has 1 aliphatic carbocycles. The van der Waals surface area contributed by atoms with Crippen molar-refractivity contribution in [3.05, 3.63) is 0 Å². The molecule has 0 saturated heterocycles. The number of rotatable bonds is 7. The first-order chi connectivity index (χ1) is 8.60. The molecule has 2 unspecified atom stereocenters. The average Bonchev–Trinajstić information content (AvgIpc) is 2.89. The Morgan fingerprint density at radius 3 is 2.06 bits per heavy atom. The lowest BCUT2D eigenvalue weighted by atomic mass is 10.0. The van der Waals surface area contributed by atoms with Crippen LogP contribution >= 0.6 is 0 Å². The first-order valence-electron chi connectivity index (χ1n) is 7.91. The van der Waals surface area contributed by atoms with Crippen molar-refractivity contribution in [1.29, 1.82) is 0 Å². The maximum atomic E-state index is 12.4. The molecule has 2 heteroatoms. The van der Waals surface area contributed by atoms with Gasteiger partial charge in [0.25, 0.3) is 0 Å². The summed E-state index contributed by atoms with van der Waals surface area (Å²) in [6.45, 7) is 8.70. The van der Waals surface area contributed by atoms with E-state index in [1.165, 1.54) is 25.7 Å². The molecule has 1 saturated carbocycles. The molecule has 0 radical (unpaired) electrons. The number of carbonyl (C=O) groups is 1. The third kappa shape index (κ3) is 4.29. The van der Waals surface area contributed by atoms with E-state index in [0.717, 1.165) is 31.6 Å². The quantitative estimate of drug-likeness (QED) is 0.659. The Labute approximate surface area is 113 Å². The summed E-state index contributed by atoms with van der Waals surface area (Å²) in [7, 11) is 0.